The Morgan fingerprint density at radius 1 is 1.09 bits per heavy atom. The monoisotopic (exact) mass is 459 g/mol. The summed E-state index contributed by atoms with van der Waals surface area (Å²) in [6.07, 6.45) is -0.855. The molecule has 172 valence electrons. The van der Waals surface area contributed by atoms with Crippen molar-refractivity contribution in [3.8, 4) is 5.75 Å². The topological polar surface area (TPSA) is 87.2 Å². The van der Waals surface area contributed by atoms with E-state index in [4.69, 9.17) is 4.74 Å². The summed E-state index contributed by atoms with van der Waals surface area (Å²) >= 11 is 0. The van der Waals surface area contributed by atoms with E-state index < -0.39 is 16.1 Å². The summed E-state index contributed by atoms with van der Waals surface area (Å²) in [6, 6.07) is 11.6. The van der Waals surface area contributed by atoms with Crippen LogP contribution in [0.2, 0.25) is 0 Å². The molecule has 0 fully saturated rings. The molecule has 0 radical (unpaired) electrons. The third-order valence-electron chi connectivity index (χ3n) is 5.52. The first-order valence-electron chi connectivity index (χ1n) is 10.5. The van der Waals surface area contributed by atoms with Gasteiger partial charge in [0.05, 0.1) is 17.1 Å². The summed E-state index contributed by atoms with van der Waals surface area (Å²) in [5.41, 5.74) is 1.45. The Hall–Kier alpha value is -2.91. The van der Waals surface area contributed by atoms with Crippen molar-refractivity contribution >= 4 is 27.5 Å². The van der Waals surface area contributed by atoms with Gasteiger partial charge in [0, 0.05) is 32.7 Å². The number of fused-ring (bicyclic) bond motifs is 1. The number of likely N-dealkylation sites (N-methyl/N-ethyl adjacent to an activating group) is 1. The minimum Gasteiger partial charge on any atom is -0.476 e. The zero-order valence-corrected chi connectivity index (χ0v) is 19.8. The highest BCUT2D eigenvalue weighted by Gasteiger charge is 2.35. The molecule has 0 unspecified atom stereocenters. The molecule has 1 aliphatic rings. The molecule has 32 heavy (non-hydrogen) atoms. The van der Waals surface area contributed by atoms with Crippen molar-refractivity contribution in [2.45, 2.75) is 31.8 Å². The van der Waals surface area contributed by atoms with E-state index >= 15 is 0 Å². The Labute approximate surface area is 189 Å². The van der Waals surface area contributed by atoms with E-state index in [1.807, 2.05) is 0 Å². The Morgan fingerprint density at radius 3 is 2.38 bits per heavy atom. The molecule has 0 saturated carbocycles. The largest absolute Gasteiger partial charge is 0.476 e. The van der Waals surface area contributed by atoms with Gasteiger partial charge in [-0.2, -0.15) is 4.31 Å². The number of carbonyl (C=O) groups is 2. The Morgan fingerprint density at radius 2 is 1.75 bits per heavy atom. The Kier molecular flexibility index (Phi) is 6.90. The molecule has 1 aliphatic heterocycles. The quantitative estimate of drug-likeness (QED) is 0.663. The second kappa shape index (κ2) is 9.30. The van der Waals surface area contributed by atoms with Crippen LogP contribution in [-0.4, -0.2) is 69.3 Å². The van der Waals surface area contributed by atoms with Gasteiger partial charge in [-0.15, -0.1) is 0 Å². The van der Waals surface area contributed by atoms with E-state index in [0.717, 1.165) is 0 Å². The van der Waals surface area contributed by atoms with Crippen LogP contribution >= 0.6 is 0 Å². The minimum absolute atomic E-state index is 0.0271. The lowest BCUT2D eigenvalue weighted by molar-refractivity contribution is -0.135. The molecule has 1 atom stereocenters. The standard InChI is InChI=1S/C23H29N3O5S/c1-6-25(7-2)32(29,30)17-13-12-16(3)18(14-17)22(27)26-15-21(23(28)24(4)5)31-20-11-9-8-10-19(20)26/h8-14,21H,6-7,15H2,1-5H3/t21-/m1/s1. The van der Waals surface area contributed by atoms with Crippen molar-refractivity contribution in [3.05, 3.63) is 53.6 Å². The number of carbonyl (C=O) groups excluding carboxylic acids is 2. The highest BCUT2D eigenvalue weighted by molar-refractivity contribution is 7.89. The molecule has 0 spiro atoms. The number of para-hydroxylation sites is 2. The van der Waals surface area contributed by atoms with E-state index in [0.29, 0.717) is 30.1 Å². The van der Waals surface area contributed by atoms with E-state index in [9.17, 15) is 18.0 Å². The lowest BCUT2D eigenvalue weighted by Crippen LogP contribution is -2.50. The van der Waals surface area contributed by atoms with Crippen LogP contribution in [0.3, 0.4) is 0 Å². The van der Waals surface area contributed by atoms with Crippen molar-refractivity contribution in [2.75, 3.05) is 38.6 Å². The molecule has 1 heterocycles. The average Bonchev–Trinajstić information content (AvgIpc) is 2.78. The fourth-order valence-electron chi connectivity index (χ4n) is 3.69. The van der Waals surface area contributed by atoms with Crippen LogP contribution in [0.15, 0.2) is 47.4 Å². The summed E-state index contributed by atoms with van der Waals surface area (Å²) in [5, 5.41) is 0. The maximum Gasteiger partial charge on any atom is 0.265 e. The average molecular weight is 460 g/mol. The molecule has 0 saturated heterocycles. The number of ether oxygens (including phenoxy) is 1. The molecule has 0 N–H and O–H groups in total. The maximum absolute atomic E-state index is 13.6. The fraction of sp³-hybridized carbons (Fsp3) is 0.391. The third-order valence-corrected chi connectivity index (χ3v) is 7.56. The summed E-state index contributed by atoms with van der Waals surface area (Å²) < 4.78 is 33.2. The van der Waals surface area contributed by atoms with Crippen LogP contribution < -0.4 is 9.64 Å². The molecule has 2 amide bonds. The van der Waals surface area contributed by atoms with E-state index in [1.165, 1.54) is 26.2 Å². The number of amides is 2. The van der Waals surface area contributed by atoms with Gasteiger partial charge in [0.1, 0.15) is 5.75 Å². The van der Waals surface area contributed by atoms with Crippen LogP contribution in [0, 0.1) is 6.92 Å². The van der Waals surface area contributed by atoms with Crippen molar-refractivity contribution < 1.29 is 22.7 Å². The number of aryl methyl sites for hydroxylation is 1. The zero-order chi connectivity index (χ0) is 23.6. The Balaban J connectivity index is 2.05. The number of hydrogen-bond donors (Lipinski definition) is 0. The Bertz CT molecular complexity index is 1130. The number of nitrogens with zero attached hydrogens (tertiary/aromatic N) is 3. The molecule has 2 aromatic carbocycles. The van der Waals surface area contributed by atoms with Crippen molar-refractivity contribution in [1.29, 1.82) is 0 Å². The van der Waals surface area contributed by atoms with Gasteiger partial charge in [-0.3, -0.25) is 9.59 Å². The number of sulfonamides is 1. The predicted molar refractivity (Wildman–Crippen MR) is 123 cm³/mol. The van der Waals surface area contributed by atoms with Gasteiger partial charge in [0.2, 0.25) is 10.0 Å². The van der Waals surface area contributed by atoms with Gasteiger partial charge in [-0.25, -0.2) is 8.42 Å². The van der Waals surface area contributed by atoms with Crippen molar-refractivity contribution in [1.82, 2.24) is 9.21 Å². The molecular weight excluding hydrogens is 430 g/mol. The first-order valence-corrected chi connectivity index (χ1v) is 11.9. The number of anilines is 1. The summed E-state index contributed by atoms with van der Waals surface area (Å²) in [6.45, 7) is 6.00. The van der Waals surface area contributed by atoms with Crippen LogP contribution in [0.5, 0.6) is 5.75 Å². The highest BCUT2D eigenvalue weighted by Crippen LogP contribution is 2.35. The smallest absolute Gasteiger partial charge is 0.265 e. The zero-order valence-electron chi connectivity index (χ0n) is 19.0. The molecular formula is C23H29N3O5S. The van der Waals surface area contributed by atoms with Gasteiger partial charge in [-0.05, 0) is 36.8 Å². The van der Waals surface area contributed by atoms with E-state index in [-0.39, 0.29) is 28.8 Å². The number of rotatable bonds is 6. The van der Waals surface area contributed by atoms with Gasteiger partial charge in [-0.1, -0.05) is 32.0 Å². The van der Waals surface area contributed by atoms with E-state index in [1.54, 1.807) is 65.2 Å². The summed E-state index contributed by atoms with van der Waals surface area (Å²) in [4.78, 5) is 29.2. The van der Waals surface area contributed by atoms with Crippen LogP contribution in [0.1, 0.15) is 29.8 Å². The minimum atomic E-state index is -3.72. The van der Waals surface area contributed by atoms with Crippen molar-refractivity contribution in [3.63, 3.8) is 0 Å². The lowest BCUT2D eigenvalue weighted by Gasteiger charge is -2.35. The van der Waals surface area contributed by atoms with E-state index in [2.05, 4.69) is 0 Å². The maximum atomic E-state index is 13.6. The molecule has 9 heteroatoms. The number of hydrogen-bond acceptors (Lipinski definition) is 5. The normalized spacial score (nSPS) is 15.8. The van der Waals surface area contributed by atoms with Gasteiger partial charge in [0.25, 0.3) is 11.8 Å². The number of benzene rings is 2. The lowest BCUT2D eigenvalue weighted by atomic mass is 10.1. The molecule has 8 nitrogen and oxygen atoms in total. The molecule has 0 aliphatic carbocycles. The van der Waals surface area contributed by atoms with Gasteiger partial charge < -0.3 is 14.5 Å². The van der Waals surface area contributed by atoms with Crippen LogP contribution in [0.4, 0.5) is 5.69 Å². The second-order valence-corrected chi connectivity index (χ2v) is 9.73. The third kappa shape index (κ3) is 4.35. The SMILES string of the molecule is CCN(CC)S(=O)(=O)c1ccc(C)c(C(=O)N2C[C@H](C(=O)N(C)C)Oc3ccccc32)c1. The molecule has 0 aromatic heterocycles. The van der Waals surface area contributed by atoms with Crippen molar-refractivity contribution in [2.24, 2.45) is 0 Å². The summed E-state index contributed by atoms with van der Waals surface area (Å²) in [7, 11) is -0.465. The van der Waals surface area contributed by atoms with Crippen LogP contribution in [-0.2, 0) is 14.8 Å². The predicted octanol–water partition coefficient (Wildman–Crippen LogP) is 2.52. The summed E-state index contributed by atoms with van der Waals surface area (Å²) in [5.74, 6) is -0.213. The molecule has 0 bridgehead atoms. The second-order valence-electron chi connectivity index (χ2n) is 7.79. The van der Waals surface area contributed by atoms with Crippen LogP contribution in [0.25, 0.3) is 0 Å². The molecule has 3 rings (SSSR count). The van der Waals surface area contributed by atoms with Gasteiger partial charge >= 0.3 is 0 Å². The fourth-order valence-corrected chi connectivity index (χ4v) is 5.18. The van der Waals surface area contributed by atoms with Gasteiger partial charge in [0.15, 0.2) is 6.10 Å². The molecule has 2 aromatic rings. The first-order chi connectivity index (χ1) is 15.1. The first kappa shape index (κ1) is 23.7. The highest BCUT2D eigenvalue weighted by atomic mass is 32.2.